The van der Waals surface area contributed by atoms with E-state index in [1.807, 2.05) is 6.92 Å². The van der Waals surface area contributed by atoms with Crippen LogP contribution >= 0.6 is 0 Å². The number of rotatable bonds is 7. The van der Waals surface area contributed by atoms with Gasteiger partial charge in [0.05, 0.1) is 19.5 Å². The molecule has 100 valence electrons. The van der Waals surface area contributed by atoms with Crippen molar-refractivity contribution in [3.8, 4) is 5.75 Å². The Kier molecular flexibility index (Phi) is 6.49. The van der Waals surface area contributed by atoms with Gasteiger partial charge in [-0.25, -0.2) is 14.8 Å². The molecule has 2 amide bonds. The number of methoxy groups -OCH3 is 1. The fourth-order valence-electron chi connectivity index (χ4n) is 1.15. The molecule has 0 saturated heterocycles. The minimum absolute atomic E-state index is 0.234. The summed E-state index contributed by atoms with van der Waals surface area (Å²) < 4.78 is 10.1. The first kappa shape index (κ1) is 14.2. The molecule has 1 aromatic rings. The Hall–Kier alpha value is -1.89. The van der Waals surface area contributed by atoms with E-state index in [2.05, 4.69) is 20.6 Å². The lowest BCUT2D eigenvalue weighted by atomic mass is 10.4. The van der Waals surface area contributed by atoms with Crippen molar-refractivity contribution in [1.29, 1.82) is 0 Å². The molecule has 0 fully saturated rings. The van der Waals surface area contributed by atoms with E-state index < -0.39 is 0 Å². The molecule has 0 saturated carbocycles. The summed E-state index contributed by atoms with van der Waals surface area (Å²) in [6.45, 7) is 3.80. The normalized spacial score (nSPS) is 9.89. The standard InChI is InChI=1S/C11H18N4O3/c1-3-18-6-4-5-12-11(16)15-10-13-7-9(17-2)8-14-10/h7-8H,3-6H2,1-2H3,(H2,12,13,14,15,16). The van der Waals surface area contributed by atoms with Gasteiger partial charge in [-0.05, 0) is 13.3 Å². The van der Waals surface area contributed by atoms with Crippen LogP contribution in [0.25, 0.3) is 0 Å². The van der Waals surface area contributed by atoms with Gasteiger partial charge in [0.25, 0.3) is 0 Å². The van der Waals surface area contributed by atoms with Crippen LogP contribution in [0, 0.1) is 0 Å². The monoisotopic (exact) mass is 254 g/mol. The van der Waals surface area contributed by atoms with Gasteiger partial charge in [-0.2, -0.15) is 0 Å². The Balaban J connectivity index is 2.22. The molecule has 0 atom stereocenters. The van der Waals surface area contributed by atoms with Crippen LogP contribution in [-0.2, 0) is 4.74 Å². The second kappa shape index (κ2) is 8.24. The van der Waals surface area contributed by atoms with Crippen molar-refractivity contribution in [2.24, 2.45) is 0 Å². The van der Waals surface area contributed by atoms with Crippen LogP contribution in [-0.4, -0.2) is 42.9 Å². The maximum Gasteiger partial charge on any atom is 0.321 e. The molecule has 0 spiro atoms. The van der Waals surface area contributed by atoms with Crippen molar-refractivity contribution in [3.05, 3.63) is 12.4 Å². The Morgan fingerprint density at radius 2 is 2.11 bits per heavy atom. The van der Waals surface area contributed by atoms with Crippen LogP contribution in [0.3, 0.4) is 0 Å². The fourth-order valence-corrected chi connectivity index (χ4v) is 1.15. The SMILES string of the molecule is CCOCCCNC(=O)Nc1ncc(OC)cn1. The van der Waals surface area contributed by atoms with E-state index in [1.165, 1.54) is 19.5 Å². The summed E-state index contributed by atoms with van der Waals surface area (Å²) in [5.41, 5.74) is 0. The number of hydrogen-bond acceptors (Lipinski definition) is 5. The summed E-state index contributed by atoms with van der Waals surface area (Å²) in [5.74, 6) is 0.774. The summed E-state index contributed by atoms with van der Waals surface area (Å²) in [7, 11) is 1.52. The number of carbonyl (C=O) groups excluding carboxylic acids is 1. The minimum Gasteiger partial charge on any atom is -0.494 e. The van der Waals surface area contributed by atoms with Crippen molar-refractivity contribution < 1.29 is 14.3 Å². The second-order valence-electron chi connectivity index (χ2n) is 3.38. The predicted octanol–water partition coefficient (Wildman–Crippen LogP) is 1.03. The zero-order valence-corrected chi connectivity index (χ0v) is 10.6. The molecule has 7 nitrogen and oxygen atoms in total. The summed E-state index contributed by atoms with van der Waals surface area (Å²) in [5, 5.41) is 5.19. The number of amides is 2. The Labute approximate surface area is 106 Å². The van der Waals surface area contributed by atoms with Crippen molar-refractivity contribution in [2.75, 3.05) is 32.2 Å². The van der Waals surface area contributed by atoms with Crippen LogP contribution in [0.2, 0.25) is 0 Å². The molecule has 7 heteroatoms. The van der Waals surface area contributed by atoms with Gasteiger partial charge in [0, 0.05) is 19.8 Å². The van der Waals surface area contributed by atoms with E-state index in [4.69, 9.17) is 9.47 Å². The molecule has 0 aliphatic heterocycles. The van der Waals surface area contributed by atoms with Gasteiger partial charge in [0.1, 0.15) is 0 Å². The lowest BCUT2D eigenvalue weighted by Crippen LogP contribution is -2.30. The van der Waals surface area contributed by atoms with E-state index in [-0.39, 0.29) is 12.0 Å². The van der Waals surface area contributed by atoms with E-state index in [1.54, 1.807) is 0 Å². The molecule has 1 rings (SSSR count). The largest absolute Gasteiger partial charge is 0.494 e. The third-order valence-corrected chi connectivity index (χ3v) is 2.04. The Morgan fingerprint density at radius 3 is 2.72 bits per heavy atom. The van der Waals surface area contributed by atoms with Crippen molar-refractivity contribution >= 4 is 12.0 Å². The minimum atomic E-state index is -0.336. The molecular formula is C11H18N4O3. The van der Waals surface area contributed by atoms with Gasteiger partial charge in [-0.1, -0.05) is 0 Å². The highest BCUT2D eigenvalue weighted by atomic mass is 16.5. The van der Waals surface area contributed by atoms with E-state index >= 15 is 0 Å². The molecule has 0 aliphatic carbocycles. The van der Waals surface area contributed by atoms with Crippen LogP contribution in [0.1, 0.15) is 13.3 Å². The second-order valence-corrected chi connectivity index (χ2v) is 3.38. The average molecular weight is 254 g/mol. The molecule has 1 aromatic heterocycles. The first-order valence-electron chi connectivity index (χ1n) is 5.75. The molecule has 18 heavy (non-hydrogen) atoms. The van der Waals surface area contributed by atoms with Gasteiger partial charge in [0.2, 0.25) is 5.95 Å². The Morgan fingerprint density at radius 1 is 1.39 bits per heavy atom. The third-order valence-electron chi connectivity index (χ3n) is 2.04. The highest BCUT2D eigenvalue weighted by Crippen LogP contribution is 2.06. The number of nitrogens with zero attached hydrogens (tertiary/aromatic N) is 2. The smallest absolute Gasteiger partial charge is 0.321 e. The third kappa shape index (κ3) is 5.44. The van der Waals surface area contributed by atoms with Crippen LogP contribution in [0.15, 0.2) is 12.4 Å². The molecule has 0 aliphatic rings. The van der Waals surface area contributed by atoms with E-state index in [9.17, 15) is 4.79 Å². The van der Waals surface area contributed by atoms with E-state index in [0.717, 1.165) is 6.42 Å². The maximum atomic E-state index is 11.4. The molecule has 2 N–H and O–H groups in total. The van der Waals surface area contributed by atoms with Crippen LogP contribution in [0.4, 0.5) is 10.7 Å². The van der Waals surface area contributed by atoms with Gasteiger partial charge >= 0.3 is 6.03 Å². The molecule has 0 bridgehead atoms. The number of ether oxygens (including phenoxy) is 2. The summed E-state index contributed by atoms with van der Waals surface area (Å²) in [6, 6.07) is -0.336. The summed E-state index contributed by atoms with van der Waals surface area (Å²) >= 11 is 0. The zero-order valence-electron chi connectivity index (χ0n) is 10.6. The first-order chi connectivity index (χ1) is 8.76. The average Bonchev–Trinajstić information content (AvgIpc) is 2.39. The van der Waals surface area contributed by atoms with Gasteiger partial charge in [-0.15, -0.1) is 0 Å². The number of hydrogen-bond donors (Lipinski definition) is 2. The zero-order chi connectivity index (χ0) is 13.2. The fraction of sp³-hybridized carbons (Fsp3) is 0.545. The number of urea groups is 1. The maximum absolute atomic E-state index is 11.4. The van der Waals surface area contributed by atoms with Gasteiger partial charge in [-0.3, -0.25) is 5.32 Å². The summed E-state index contributed by atoms with van der Waals surface area (Å²) in [6.07, 6.45) is 3.74. The molecular weight excluding hydrogens is 236 g/mol. The number of anilines is 1. The number of carbonyl (C=O) groups is 1. The Bertz CT molecular complexity index is 356. The van der Waals surface area contributed by atoms with Crippen molar-refractivity contribution in [2.45, 2.75) is 13.3 Å². The molecule has 1 heterocycles. The lowest BCUT2D eigenvalue weighted by molar-refractivity contribution is 0.145. The summed E-state index contributed by atoms with van der Waals surface area (Å²) in [4.78, 5) is 19.3. The van der Waals surface area contributed by atoms with Crippen LogP contribution in [0.5, 0.6) is 5.75 Å². The van der Waals surface area contributed by atoms with E-state index in [0.29, 0.717) is 25.5 Å². The quantitative estimate of drug-likeness (QED) is 0.710. The van der Waals surface area contributed by atoms with Gasteiger partial charge in [0.15, 0.2) is 5.75 Å². The topological polar surface area (TPSA) is 85.4 Å². The highest BCUT2D eigenvalue weighted by molar-refractivity contribution is 5.87. The number of nitrogens with one attached hydrogen (secondary N) is 2. The van der Waals surface area contributed by atoms with Gasteiger partial charge < -0.3 is 14.8 Å². The molecule has 0 radical (unpaired) electrons. The van der Waals surface area contributed by atoms with Crippen molar-refractivity contribution in [3.63, 3.8) is 0 Å². The first-order valence-corrected chi connectivity index (χ1v) is 5.75. The number of aromatic nitrogens is 2. The van der Waals surface area contributed by atoms with Crippen molar-refractivity contribution in [1.82, 2.24) is 15.3 Å². The molecule has 0 unspecified atom stereocenters. The lowest BCUT2D eigenvalue weighted by Gasteiger charge is -2.06. The highest BCUT2D eigenvalue weighted by Gasteiger charge is 2.03. The predicted molar refractivity (Wildman–Crippen MR) is 66.7 cm³/mol. The molecule has 0 aromatic carbocycles. The van der Waals surface area contributed by atoms with Crippen LogP contribution < -0.4 is 15.4 Å².